The van der Waals surface area contributed by atoms with E-state index in [1.807, 2.05) is 24.3 Å². The smallest absolute Gasteiger partial charge is 0.312 e. The van der Waals surface area contributed by atoms with E-state index in [9.17, 15) is 10.0 Å². The summed E-state index contributed by atoms with van der Waals surface area (Å²) in [5.41, 5.74) is 5.92. The summed E-state index contributed by atoms with van der Waals surface area (Å²) in [7, 11) is 1.66. The Bertz CT molecular complexity index is 690. The number of urea groups is 1. The summed E-state index contributed by atoms with van der Waals surface area (Å²) in [6, 6.07) is 14.0. The zero-order valence-corrected chi connectivity index (χ0v) is 14.2. The van der Waals surface area contributed by atoms with E-state index in [-0.39, 0.29) is 4.65 Å². The minimum absolute atomic E-state index is 0.273. The van der Waals surface area contributed by atoms with Gasteiger partial charge in [-0.3, -0.25) is 0 Å². The molecule has 0 heterocycles. The number of benzene rings is 2. The molecule has 0 saturated carbocycles. The molecule has 24 heavy (non-hydrogen) atoms. The number of hydrogen-bond donors (Lipinski definition) is 3. The molecule has 1 atom stereocenters. The van der Waals surface area contributed by atoms with Crippen LogP contribution in [0.4, 0.5) is 4.79 Å². The summed E-state index contributed by atoms with van der Waals surface area (Å²) in [6.45, 7) is 1.01. The summed E-state index contributed by atoms with van der Waals surface area (Å²) in [4.78, 5) is 10.7. The van der Waals surface area contributed by atoms with Gasteiger partial charge in [-0.2, -0.15) is 4.65 Å². The average molecular weight is 351 g/mol. The largest absolute Gasteiger partial charge is 0.457 e. The molecule has 0 aliphatic rings. The van der Waals surface area contributed by atoms with Gasteiger partial charge in [0.05, 0.1) is 13.6 Å². The molecule has 2 aromatic carbocycles. The molecular formula is C17H21ClN3O3+. The lowest BCUT2D eigenvalue weighted by atomic mass is 10.2. The summed E-state index contributed by atoms with van der Waals surface area (Å²) in [6.07, 6.45) is 0. The van der Waals surface area contributed by atoms with Gasteiger partial charge in [0.25, 0.3) is 0 Å². The van der Waals surface area contributed by atoms with Gasteiger partial charge in [-0.05, 0) is 36.4 Å². The fraction of sp³-hybridized carbons (Fsp3) is 0.235. The number of ether oxygens (including phenoxy) is 1. The molecule has 0 radical (unpaired) electrons. The maximum absolute atomic E-state index is 10.7. The molecule has 0 aliphatic heterocycles. The van der Waals surface area contributed by atoms with Crippen LogP contribution < -0.4 is 15.8 Å². The summed E-state index contributed by atoms with van der Waals surface area (Å²) in [5, 5.41) is 13.5. The number of nitrogens with one attached hydrogen (secondary N) is 1. The van der Waals surface area contributed by atoms with Crippen molar-refractivity contribution in [3.63, 3.8) is 0 Å². The van der Waals surface area contributed by atoms with Crippen LogP contribution in [0.2, 0.25) is 5.02 Å². The molecule has 2 amide bonds. The summed E-state index contributed by atoms with van der Waals surface area (Å²) in [5.74, 6) is 1.36. The van der Waals surface area contributed by atoms with Gasteiger partial charge < -0.3 is 15.8 Å². The topological polar surface area (TPSA) is 84.6 Å². The predicted octanol–water partition coefficient (Wildman–Crippen LogP) is 3.14. The number of hydrogen-bond acceptors (Lipinski definition) is 3. The standard InChI is InChI=1S/C17H20ClN3O3/c1-21(23,10-9-20-17(19)22)12-13-3-2-4-16(11-13)24-15-7-5-14(18)6-8-15/h2-8,11,23H,9-10,12H2,1H3,(H2-,19,20,22)/p+1. The highest BCUT2D eigenvalue weighted by Crippen LogP contribution is 2.24. The lowest BCUT2D eigenvalue weighted by molar-refractivity contribution is -1.10. The first kappa shape index (κ1) is 18.1. The number of quaternary nitrogens is 1. The van der Waals surface area contributed by atoms with Crippen molar-refractivity contribution < 1.29 is 19.4 Å². The normalized spacial score (nSPS) is 13.1. The molecule has 0 bridgehead atoms. The maximum atomic E-state index is 10.7. The van der Waals surface area contributed by atoms with Gasteiger partial charge in [-0.25, -0.2) is 10.0 Å². The van der Waals surface area contributed by atoms with E-state index in [4.69, 9.17) is 22.1 Å². The van der Waals surface area contributed by atoms with Crippen molar-refractivity contribution in [3.05, 3.63) is 59.1 Å². The fourth-order valence-corrected chi connectivity index (χ4v) is 2.36. The van der Waals surface area contributed by atoms with Gasteiger partial charge in [-0.1, -0.05) is 23.7 Å². The SMILES string of the molecule is C[N+](O)(CCNC(N)=O)Cc1cccc(Oc2ccc(Cl)cc2)c1. The van der Waals surface area contributed by atoms with Crippen LogP contribution in [0.15, 0.2) is 48.5 Å². The second-order valence-electron chi connectivity index (χ2n) is 5.72. The second kappa shape index (κ2) is 8.01. The highest BCUT2D eigenvalue weighted by molar-refractivity contribution is 6.30. The Morgan fingerprint density at radius 1 is 1.25 bits per heavy atom. The van der Waals surface area contributed by atoms with E-state index in [1.165, 1.54) is 0 Å². The van der Waals surface area contributed by atoms with Crippen molar-refractivity contribution in [2.45, 2.75) is 6.54 Å². The van der Waals surface area contributed by atoms with Gasteiger partial charge in [0.1, 0.15) is 24.6 Å². The minimum Gasteiger partial charge on any atom is -0.457 e. The molecule has 0 aliphatic carbocycles. The van der Waals surface area contributed by atoms with E-state index in [0.717, 1.165) is 5.56 Å². The average Bonchev–Trinajstić information content (AvgIpc) is 2.49. The highest BCUT2D eigenvalue weighted by atomic mass is 35.5. The number of likely N-dealkylation sites (N-methyl/N-ethyl adjacent to an activating group) is 1. The van der Waals surface area contributed by atoms with Gasteiger partial charge in [0.2, 0.25) is 0 Å². The predicted molar refractivity (Wildman–Crippen MR) is 92.1 cm³/mol. The Kier molecular flexibility index (Phi) is 6.03. The molecular weight excluding hydrogens is 330 g/mol. The third-order valence-electron chi connectivity index (χ3n) is 3.36. The fourth-order valence-electron chi connectivity index (χ4n) is 2.24. The number of nitrogens with two attached hydrogens (primary N) is 1. The Hall–Kier alpha value is -2.28. The van der Waals surface area contributed by atoms with Crippen molar-refractivity contribution in [3.8, 4) is 11.5 Å². The highest BCUT2D eigenvalue weighted by Gasteiger charge is 2.19. The van der Waals surface area contributed by atoms with Gasteiger partial charge in [-0.15, -0.1) is 0 Å². The third kappa shape index (κ3) is 6.08. The maximum Gasteiger partial charge on any atom is 0.312 e. The molecule has 6 nitrogen and oxygen atoms in total. The zero-order valence-electron chi connectivity index (χ0n) is 13.4. The number of halogens is 1. The molecule has 7 heteroatoms. The van der Waals surface area contributed by atoms with Gasteiger partial charge in [0.15, 0.2) is 0 Å². The van der Waals surface area contributed by atoms with Crippen molar-refractivity contribution in [2.24, 2.45) is 5.73 Å². The molecule has 128 valence electrons. The molecule has 0 aromatic heterocycles. The molecule has 4 N–H and O–H groups in total. The number of carbonyl (C=O) groups excluding carboxylic acids is 1. The second-order valence-corrected chi connectivity index (χ2v) is 6.15. The van der Waals surface area contributed by atoms with E-state index >= 15 is 0 Å². The lowest BCUT2D eigenvalue weighted by Crippen LogP contribution is -2.46. The van der Waals surface area contributed by atoms with Crippen molar-refractivity contribution >= 4 is 17.6 Å². The first-order valence-corrected chi connectivity index (χ1v) is 7.85. The lowest BCUT2D eigenvalue weighted by Gasteiger charge is -2.25. The Morgan fingerprint density at radius 3 is 2.62 bits per heavy atom. The first-order valence-electron chi connectivity index (χ1n) is 7.47. The Morgan fingerprint density at radius 2 is 1.96 bits per heavy atom. The first-order chi connectivity index (χ1) is 11.3. The Labute approximate surface area is 145 Å². The van der Waals surface area contributed by atoms with Crippen molar-refractivity contribution in [1.29, 1.82) is 0 Å². The number of amides is 2. The number of rotatable bonds is 7. The van der Waals surface area contributed by atoms with E-state index < -0.39 is 6.03 Å². The third-order valence-corrected chi connectivity index (χ3v) is 3.62. The molecule has 0 saturated heterocycles. The number of carbonyl (C=O) groups is 1. The van der Waals surface area contributed by atoms with E-state index in [2.05, 4.69) is 5.32 Å². The van der Waals surface area contributed by atoms with Crippen LogP contribution in [0.25, 0.3) is 0 Å². The monoisotopic (exact) mass is 350 g/mol. The molecule has 0 fully saturated rings. The van der Waals surface area contributed by atoms with Gasteiger partial charge in [0, 0.05) is 10.6 Å². The quantitative estimate of drug-likeness (QED) is 0.529. The van der Waals surface area contributed by atoms with Crippen molar-refractivity contribution in [1.82, 2.24) is 5.32 Å². The van der Waals surface area contributed by atoms with Crippen molar-refractivity contribution in [2.75, 3.05) is 20.1 Å². The van der Waals surface area contributed by atoms with E-state index in [0.29, 0.717) is 36.2 Å². The number of nitrogens with zero attached hydrogens (tertiary/aromatic N) is 1. The van der Waals surface area contributed by atoms with Crippen LogP contribution in [0.3, 0.4) is 0 Å². The molecule has 2 aromatic rings. The minimum atomic E-state index is -0.603. The van der Waals surface area contributed by atoms with Crippen LogP contribution in [0, 0.1) is 0 Å². The van der Waals surface area contributed by atoms with Crippen LogP contribution in [0.1, 0.15) is 5.56 Å². The summed E-state index contributed by atoms with van der Waals surface area (Å²) < 4.78 is 5.51. The molecule has 2 rings (SSSR count). The molecule has 1 unspecified atom stereocenters. The number of primary amides is 1. The van der Waals surface area contributed by atoms with Crippen LogP contribution in [-0.2, 0) is 6.54 Å². The van der Waals surface area contributed by atoms with Crippen LogP contribution in [-0.4, -0.2) is 36.0 Å². The van der Waals surface area contributed by atoms with Gasteiger partial charge >= 0.3 is 6.03 Å². The van der Waals surface area contributed by atoms with E-state index in [1.54, 1.807) is 31.3 Å². The van der Waals surface area contributed by atoms with Crippen LogP contribution >= 0.6 is 11.6 Å². The number of hydroxylamine groups is 3. The van der Waals surface area contributed by atoms with Crippen LogP contribution in [0.5, 0.6) is 11.5 Å². The Balaban J connectivity index is 1.98. The zero-order chi connectivity index (χ0) is 17.6. The summed E-state index contributed by atoms with van der Waals surface area (Å²) >= 11 is 5.85. The molecule has 0 spiro atoms.